The molecule has 1 atom stereocenters. The molecule has 138 valence electrons. The van der Waals surface area contributed by atoms with Crippen molar-refractivity contribution in [3.8, 4) is 0 Å². The molecule has 0 fully saturated rings. The minimum atomic E-state index is -0.954. The molecule has 1 N–H and O–H groups in total. The van der Waals surface area contributed by atoms with E-state index in [1.165, 1.54) is 19.4 Å². The summed E-state index contributed by atoms with van der Waals surface area (Å²) in [5, 5.41) is 6.58. The Hall–Kier alpha value is -3.16. The van der Waals surface area contributed by atoms with Gasteiger partial charge in [-0.3, -0.25) is 9.59 Å². The van der Waals surface area contributed by atoms with Gasteiger partial charge in [0.2, 0.25) is 5.91 Å². The molecule has 26 heavy (non-hydrogen) atoms. The van der Waals surface area contributed by atoms with E-state index in [9.17, 15) is 14.4 Å². The van der Waals surface area contributed by atoms with Crippen LogP contribution in [0.25, 0.3) is 0 Å². The molecule has 0 spiro atoms. The van der Waals surface area contributed by atoms with Gasteiger partial charge < -0.3 is 15.0 Å². The third-order valence-electron chi connectivity index (χ3n) is 3.78. The molecule has 8 nitrogen and oxygen atoms in total. The highest BCUT2D eigenvalue weighted by molar-refractivity contribution is 5.85. The molecule has 0 saturated heterocycles. The summed E-state index contributed by atoms with van der Waals surface area (Å²) in [5.74, 6) is -1.11. The standard InChI is InChI=1S/C18H22N4O4/c1-12-6-5-7-13(8-12)17(18(25)26-4)20-15(23)11-22-16(24)9-14(10-19-22)21(2)3/h5-10,17H,11H2,1-4H3,(H,20,23). The van der Waals surface area contributed by atoms with Gasteiger partial charge in [-0.05, 0) is 12.5 Å². The Morgan fingerprint density at radius 3 is 2.62 bits per heavy atom. The SMILES string of the molecule is COC(=O)C(NC(=O)Cn1ncc(N(C)C)cc1=O)c1cccc(C)c1. The second-order valence-corrected chi connectivity index (χ2v) is 6.04. The summed E-state index contributed by atoms with van der Waals surface area (Å²) in [6.45, 7) is 1.58. The number of aryl methyl sites for hydroxylation is 1. The summed E-state index contributed by atoms with van der Waals surface area (Å²) in [7, 11) is 4.83. The van der Waals surface area contributed by atoms with E-state index in [1.807, 2.05) is 13.0 Å². The van der Waals surface area contributed by atoms with E-state index in [0.29, 0.717) is 11.3 Å². The van der Waals surface area contributed by atoms with Crippen LogP contribution in [0.5, 0.6) is 0 Å². The number of aromatic nitrogens is 2. The lowest BCUT2D eigenvalue weighted by atomic mass is 10.0. The van der Waals surface area contributed by atoms with E-state index < -0.39 is 23.5 Å². The normalized spacial score (nSPS) is 11.5. The molecule has 1 aromatic heterocycles. The number of carbonyl (C=O) groups is 2. The molecular formula is C18H22N4O4. The summed E-state index contributed by atoms with van der Waals surface area (Å²) in [6.07, 6.45) is 1.49. The van der Waals surface area contributed by atoms with E-state index in [1.54, 1.807) is 37.2 Å². The van der Waals surface area contributed by atoms with Gasteiger partial charge >= 0.3 is 5.97 Å². The van der Waals surface area contributed by atoms with Gasteiger partial charge in [0, 0.05) is 20.2 Å². The first-order chi connectivity index (χ1) is 12.3. The van der Waals surface area contributed by atoms with Crippen molar-refractivity contribution in [1.29, 1.82) is 0 Å². The molecule has 0 aliphatic heterocycles. The summed E-state index contributed by atoms with van der Waals surface area (Å²) in [4.78, 5) is 38.2. The van der Waals surface area contributed by atoms with Crippen LogP contribution in [0, 0.1) is 6.92 Å². The number of anilines is 1. The average Bonchev–Trinajstić information content (AvgIpc) is 2.60. The van der Waals surface area contributed by atoms with E-state index >= 15 is 0 Å². The van der Waals surface area contributed by atoms with Gasteiger partial charge in [-0.2, -0.15) is 5.10 Å². The van der Waals surface area contributed by atoms with E-state index in [0.717, 1.165) is 10.2 Å². The number of ether oxygens (including phenoxy) is 1. The van der Waals surface area contributed by atoms with Gasteiger partial charge in [-0.25, -0.2) is 9.48 Å². The van der Waals surface area contributed by atoms with Crippen molar-refractivity contribution < 1.29 is 14.3 Å². The number of amides is 1. The highest BCUT2D eigenvalue weighted by Crippen LogP contribution is 2.16. The van der Waals surface area contributed by atoms with Gasteiger partial charge in [-0.1, -0.05) is 29.8 Å². The maximum absolute atomic E-state index is 12.3. The molecular weight excluding hydrogens is 336 g/mol. The third-order valence-corrected chi connectivity index (χ3v) is 3.78. The first-order valence-corrected chi connectivity index (χ1v) is 8.00. The minimum absolute atomic E-state index is 0.300. The van der Waals surface area contributed by atoms with Gasteiger partial charge in [0.1, 0.15) is 6.54 Å². The fraction of sp³-hybridized carbons (Fsp3) is 0.333. The lowest BCUT2D eigenvalue weighted by Crippen LogP contribution is -2.39. The maximum atomic E-state index is 12.3. The van der Waals surface area contributed by atoms with Crippen molar-refractivity contribution in [1.82, 2.24) is 15.1 Å². The van der Waals surface area contributed by atoms with Crippen LogP contribution in [-0.2, 0) is 20.9 Å². The monoisotopic (exact) mass is 358 g/mol. The number of benzene rings is 1. The number of carbonyl (C=O) groups excluding carboxylic acids is 2. The number of methoxy groups -OCH3 is 1. The van der Waals surface area contributed by atoms with Gasteiger partial charge in [0.05, 0.1) is 19.0 Å². The number of hydrogen-bond acceptors (Lipinski definition) is 6. The molecule has 1 amide bonds. The average molecular weight is 358 g/mol. The van der Waals surface area contributed by atoms with Crippen molar-refractivity contribution in [3.05, 3.63) is 58.0 Å². The molecule has 0 radical (unpaired) electrons. The van der Waals surface area contributed by atoms with Crippen molar-refractivity contribution in [2.75, 3.05) is 26.1 Å². The Labute approximate surface area is 151 Å². The zero-order valence-corrected chi connectivity index (χ0v) is 15.2. The predicted octanol–water partition coefficient (Wildman–Crippen LogP) is 0.648. The lowest BCUT2D eigenvalue weighted by molar-refractivity contribution is -0.145. The maximum Gasteiger partial charge on any atom is 0.333 e. The Balaban J connectivity index is 2.17. The molecule has 0 saturated carbocycles. The second-order valence-electron chi connectivity index (χ2n) is 6.04. The number of nitrogens with one attached hydrogen (secondary N) is 1. The minimum Gasteiger partial charge on any atom is -0.467 e. The zero-order chi connectivity index (χ0) is 19.3. The Bertz CT molecular complexity index is 860. The fourth-order valence-electron chi connectivity index (χ4n) is 2.38. The van der Waals surface area contributed by atoms with E-state index in [2.05, 4.69) is 10.4 Å². The Kier molecular flexibility index (Phi) is 6.11. The van der Waals surface area contributed by atoms with Crippen LogP contribution in [0.3, 0.4) is 0 Å². The summed E-state index contributed by atoms with van der Waals surface area (Å²) < 4.78 is 5.81. The van der Waals surface area contributed by atoms with Gasteiger partial charge in [0.15, 0.2) is 6.04 Å². The summed E-state index contributed by atoms with van der Waals surface area (Å²) in [5.41, 5.74) is 1.78. The first-order valence-electron chi connectivity index (χ1n) is 8.00. The van der Waals surface area contributed by atoms with Crippen molar-refractivity contribution in [3.63, 3.8) is 0 Å². The van der Waals surface area contributed by atoms with Crippen LogP contribution in [0.4, 0.5) is 5.69 Å². The smallest absolute Gasteiger partial charge is 0.333 e. The molecule has 1 aromatic carbocycles. The number of esters is 1. The molecule has 1 unspecified atom stereocenters. The number of hydrogen-bond donors (Lipinski definition) is 1. The summed E-state index contributed by atoms with van der Waals surface area (Å²) >= 11 is 0. The molecule has 0 bridgehead atoms. The van der Waals surface area contributed by atoms with Crippen LogP contribution in [0.15, 0.2) is 41.3 Å². The van der Waals surface area contributed by atoms with E-state index in [4.69, 9.17) is 4.74 Å². The summed E-state index contributed by atoms with van der Waals surface area (Å²) in [6, 6.07) is 7.63. The van der Waals surface area contributed by atoms with Crippen LogP contribution < -0.4 is 15.8 Å². The van der Waals surface area contributed by atoms with Crippen molar-refractivity contribution >= 4 is 17.6 Å². The van der Waals surface area contributed by atoms with Crippen LogP contribution in [0.2, 0.25) is 0 Å². The van der Waals surface area contributed by atoms with Crippen molar-refractivity contribution in [2.45, 2.75) is 19.5 Å². The number of rotatable bonds is 6. The molecule has 1 heterocycles. The van der Waals surface area contributed by atoms with Gasteiger partial charge in [0.25, 0.3) is 5.56 Å². The third kappa shape index (κ3) is 4.69. The fourth-order valence-corrected chi connectivity index (χ4v) is 2.38. The molecule has 2 aromatic rings. The highest BCUT2D eigenvalue weighted by atomic mass is 16.5. The van der Waals surface area contributed by atoms with Crippen LogP contribution in [0.1, 0.15) is 17.2 Å². The highest BCUT2D eigenvalue weighted by Gasteiger charge is 2.24. The quantitative estimate of drug-likeness (QED) is 0.762. The molecule has 2 rings (SSSR count). The van der Waals surface area contributed by atoms with Crippen LogP contribution >= 0.6 is 0 Å². The lowest BCUT2D eigenvalue weighted by Gasteiger charge is -2.18. The number of nitrogens with zero attached hydrogens (tertiary/aromatic N) is 3. The largest absolute Gasteiger partial charge is 0.467 e. The molecule has 0 aliphatic rings. The Morgan fingerprint density at radius 1 is 1.31 bits per heavy atom. The molecule has 0 aliphatic carbocycles. The van der Waals surface area contributed by atoms with E-state index in [-0.39, 0.29) is 6.54 Å². The zero-order valence-electron chi connectivity index (χ0n) is 15.2. The van der Waals surface area contributed by atoms with Crippen molar-refractivity contribution in [2.24, 2.45) is 0 Å². The van der Waals surface area contributed by atoms with Gasteiger partial charge in [-0.15, -0.1) is 0 Å². The Morgan fingerprint density at radius 2 is 2.04 bits per heavy atom. The topological polar surface area (TPSA) is 93.5 Å². The second kappa shape index (κ2) is 8.28. The van der Waals surface area contributed by atoms with Crippen LogP contribution in [-0.4, -0.2) is 42.9 Å². The predicted molar refractivity (Wildman–Crippen MR) is 96.9 cm³/mol. The first kappa shape index (κ1) is 19.2. The molecule has 8 heteroatoms.